The van der Waals surface area contributed by atoms with Gasteiger partial charge in [-0.1, -0.05) is 37.6 Å². The second kappa shape index (κ2) is 5.62. The zero-order valence-corrected chi connectivity index (χ0v) is 12.5. The van der Waals surface area contributed by atoms with E-state index in [9.17, 15) is 0 Å². The van der Waals surface area contributed by atoms with Crippen LogP contribution in [0.5, 0.6) is 11.5 Å². The average molecular weight is 276 g/mol. The van der Waals surface area contributed by atoms with Crippen LogP contribution in [0.25, 0.3) is 0 Å². The van der Waals surface area contributed by atoms with Crippen molar-refractivity contribution in [2.24, 2.45) is 0 Å². The maximum atomic E-state index is 5.99. The van der Waals surface area contributed by atoms with Crippen molar-refractivity contribution in [2.45, 2.75) is 33.6 Å². The number of pyridine rings is 1. The third-order valence-electron chi connectivity index (χ3n) is 3.12. The van der Waals surface area contributed by atoms with Crippen molar-refractivity contribution >= 4 is 11.6 Å². The molecular formula is C16H18ClNO. The fraction of sp³-hybridized carbons (Fsp3) is 0.312. The maximum absolute atomic E-state index is 5.99. The van der Waals surface area contributed by atoms with Crippen LogP contribution >= 0.6 is 11.6 Å². The van der Waals surface area contributed by atoms with E-state index in [1.807, 2.05) is 13.8 Å². The van der Waals surface area contributed by atoms with E-state index in [0.29, 0.717) is 11.1 Å². The SMILES string of the molecule is Cc1ccc(C(C)C)cc1Oc1cc(Cl)ncc1C. The Morgan fingerprint density at radius 2 is 1.74 bits per heavy atom. The fourth-order valence-corrected chi connectivity index (χ4v) is 1.94. The third kappa shape index (κ3) is 3.27. The summed E-state index contributed by atoms with van der Waals surface area (Å²) < 4.78 is 5.99. The Hall–Kier alpha value is -1.54. The molecule has 0 N–H and O–H groups in total. The van der Waals surface area contributed by atoms with Gasteiger partial charge in [-0.15, -0.1) is 0 Å². The van der Waals surface area contributed by atoms with Gasteiger partial charge in [0.2, 0.25) is 0 Å². The molecule has 1 aromatic carbocycles. The normalized spacial score (nSPS) is 10.8. The molecule has 0 atom stereocenters. The first kappa shape index (κ1) is 13.9. The molecule has 2 aromatic rings. The highest BCUT2D eigenvalue weighted by atomic mass is 35.5. The average Bonchev–Trinajstić information content (AvgIpc) is 2.36. The van der Waals surface area contributed by atoms with Crippen LogP contribution in [-0.4, -0.2) is 4.98 Å². The molecule has 0 saturated carbocycles. The molecule has 0 unspecified atom stereocenters. The number of halogens is 1. The van der Waals surface area contributed by atoms with E-state index in [4.69, 9.17) is 16.3 Å². The first-order valence-electron chi connectivity index (χ1n) is 6.38. The first-order valence-corrected chi connectivity index (χ1v) is 6.75. The van der Waals surface area contributed by atoms with Crippen LogP contribution in [0.1, 0.15) is 36.5 Å². The highest BCUT2D eigenvalue weighted by molar-refractivity contribution is 6.29. The molecule has 1 heterocycles. The summed E-state index contributed by atoms with van der Waals surface area (Å²) in [6, 6.07) is 8.06. The molecule has 100 valence electrons. The van der Waals surface area contributed by atoms with E-state index in [1.54, 1.807) is 12.3 Å². The molecule has 0 amide bonds. The molecule has 2 nitrogen and oxygen atoms in total. The van der Waals surface area contributed by atoms with Gasteiger partial charge in [0.05, 0.1) is 0 Å². The van der Waals surface area contributed by atoms with Crippen LogP contribution in [0.3, 0.4) is 0 Å². The lowest BCUT2D eigenvalue weighted by Crippen LogP contribution is -1.94. The molecule has 19 heavy (non-hydrogen) atoms. The second-order valence-corrected chi connectivity index (χ2v) is 5.44. The van der Waals surface area contributed by atoms with Gasteiger partial charge in [-0.2, -0.15) is 0 Å². The summed E-state index contributed by atoms with van der Waals surface area (Å²) in [5.41, 5.74) is 3.34. The zero-order chi connectivity index (χ0) is 14.0. The van der Waals surface area contributed by atoms with Crippen LogP contribution < -0.4 is 4.74 Å². The maximum Gasteiger partial charge on any atom is 0.134 e. The summed E-state index contributed by atoms with van der Waals surface area (Å²) in [4.78, 5) is 4.03. The summed E-state index contributed by atoms with van der Waals surface area (Å²) >= 11 is 5.91. The molecule has 0 aliphatic rings. The summed E-state index contributed by atoms with van der Waals surface area (Å²) in [6.45, 7) is 8.34. The summed E-state index contributed by atoms with van der Waals surface area (Å²) in [6.07, 6.45) is 1.72. The monoisotopic (exact) mass is 275 g/mol. The largest absolute Gasteiger partial charge is 0.457 e. The second-order valence-electron chi connectivity index (χ2n) is 5.05. The Balaban J connectivity index is 2.37. The molecule has 0 spiro atoms. The minimum absolute atomic E-state index is 0.443. The van der Waals surface area contributed by atoms with Crippen molar-refractivity contribution in [3.8, 4) is 11.5 Å². The lowest BCUT2D eigenvalue weighted by molar-refractivity contribution is 0.473. The quantitative estimate of drug-likeness (QED) is 0.712. The van der Waals surface area contributed by atoms with Crippen molar-refractivity contribution in [1.82, 2.24) is 4.98 Å². The number of benzene rings is 1. The van der Waals surface area contributed by atoms with E-state index in [-0.39, 0.29) is 0 Å². The van der Waals surface area contributed by atoms with Gasteiger partial charge < -0.3 is 4.74 Å². The Bertz CT molecular complexity index is 593. The molecular weight excluding hydrogens is 258 g/mol. The standard InChI is InChI=1S/C16H18ClNO/c1-10(2)13-6-5-11(3)14(7-13)19-15-8-16(17)18-9-12(15)4/h5-10H,1-4H3. The molecule has 0 bridgehead atoms. The number of aryl methyl sites for hydroxylation is 2. The van der Waals surface area contributed by atoms with Gasteiger partial charge >= 0.3 is 0 Å². The Labute approximate surface area is 119 Å². The highest BCUT2D eigenvalue weighted by Crippen LogP contribution is 2.31. The number of hydrogen-bond donors (Lipinski definition) is 0. The van der Waals surface area contributed by atoms with Gasteiger partial charge in [0.25, 0.3) is 0 Å². The molecule has 2 rings (SSSR count). The van der Waals surface area contributed by atoms with E-state index in [0.717, 1.165) is 22.6 Å². The van der Waals surface area contributed by atoms with Gasteiger partial charge in [-0.25, -0.2) is 4.98 Å². The Morgan fingerprint density at radius 1 is 1.05 bits per heavy atom. The minimum Gasteiger partial charge on any atom is -0.457 e. The Kier molecular flexibility index (Phi) is 4.11. The fourth-order valence-electron chi connectivity index (χ4n) is 1.80. The number of rotatable bonds is 3. The zero-order valence-electron chi connectivity index (χ0n) is 11.7. The molecule has 3 heteroatoms. The van der Waals surface area contributed by atoms with Gasteiger partial charge in [-0.05, 0) is 37.0 Å². The van der Waals surface area contributed by atoms with Crippen LogP contribution in [0, 0.1) is 13.8 Å². The predicted molar refractivity (Wildman–Crippen MR) is 79.3 cm³/mol. The number of nitrogens with zero attached hydrogens (tertiary/aromatic N) is 1. The molecule has 0 saturated heterocycles. The summed E-state index contributed by atoms with van der Waals surface area (Å²) in [7, 11) is 0. The van der Waals surface area contributed by atoms with E-state index < -0.39 is 0 Å². The summed E-state index contributed by atoms with van der Waals surface area (Å²) in [5, 5.41) is 0.443. The minimum atomic E-state index is 0.443. The van der Waals surface area contributed by atoms with Gasteiger partial charge in [0, 0.05) is 17.8 Å². The smallest absolute Gasteiger partial charge is 0.134 e. The van der Waals surface area contributed by atoms with E-state index in [1.165, 1.54) is 5.56 Å². The number of hydrogen-bond acceptors (Lipinski definition) is 2. The van der Waals surface area contributed by atoms with Crippen LogP contribution in [0.2, 0.25) is 5.15 Å². The summed E-state index contributed by atoms with van der Waals surface area (Å²) in [5.74, 6) is 2.10. The van der Waals surface area contributed by atoms with Crippen molar-refractivity contribution in [3.05, 3.63) is 52.3 Å². The number of ether oxygens (including phenoxy) is 1. The molecule has 0 fully saturated rings. The Morgan fingerprint density at radius 3 is 2.42 bits per heavy atom. The van der Waals surface area contributed by atoms with Crippen LogP contribution in [-0.2, 0) is 0 Å². The predicted octanol–water partition coefficient (Wildman–Crippen LogP) is 5.27. The molecule has 0 aliphatic carbocycles. The van der Waals surface area contributed by atoms with E-state index in [2.05, 4.69) is 37.0 Å². The van der Waals surface area contributed by atoms with Gasteiger partial charge in [-0.3, -0.25) is 0 Å². The third-order valence-corrected chi connectivity index (χ3v) is 3.33. The first-order chi connectivity index (χ1) is 8.97. The number of aromatic nitrogens is 1. The lowest BCUT2D eigenvalue weighted by atomic mass is 10.0. The van der Waals surface area contributed by atoms with Crippen molar-refractivity contribution in [2.75, 3.05) is 0 Å². The van der Waals surface area contributed by atoms with Crippen molar-refractivity contribution in [3.63, 3.8) is 0 Å². The lowest BCUT2D eigenvalue weighted by Gasteiger charge is -2.14. The van der Waals surface area contributed by atoms with Crippen molar-refractivity contribution in [1.29, 1.82) is 0 Å². The molecule has 1 aromatic heterocycles. The molecule has 0 radical (unpaired) electrons. The molecule has 0 aliphatic heterocycles. The van der Waals surface area contributed by atoms with Crippen LogP contribution in [0.15, 0.2) is 30.5 Å². The van der Waals surface area contributed by atoms with Crippen molar-refractivity contribution < 1.29 is 4.74 Å². The van der Waals surface area contributed by atoms with Crippen LogP contribution in [0.4, 0.5) is 0 Å². The highest BCUT2D eigenvalue weighted by Gasteiger charge is 2.08. The topological polar surface area (TPSA) is 22.1 Å². The van der Waals surface area contributed by atoms with Gasteiger partial charge in [0.1, 0.15) is 16.7 Å². The van der Waals surface area contributed by atoms with Gasteiger partial charge in [0.15, 0.2) is 0 Å². The van der Waals surface area contributed by atoms with E-state index >= 15 is 0 Å².